The molecule has 1 aromatic rings. The van der Waals surface area contributed by atoms with Gasteiger partial charge in [0.1, 0.15) is 0 Å². The van der Waals surface area contributed by atoms with Crippen LogP contribution in [-0.4, -0.2) is 39.9 Å². The van der Waals surface area contributed by atoms with Gasteiger partial charge in [0.2, 0.25) is 5.43 Å². The summed E-state index contributed by atoms with van der Waals surface area (Å²) in [6, 6.07) is 2.02. The molecule has 2 unspecified atom stereocenters. The Balaban J connectivity index is 1.84. The molecule has 2 heterocycles. The summed E-state index contributed by atoms with van der Waals surface area (Å²) in [5.74, 6) is -0.136. The molecule has 3 rings (SSSR count). The van der Waals surface area contributed by atoms with Crippen LogP contribution in [0.4, 0.5) is 0 Å². The van der Waals surface area contributed by atoms with Gasteiger partial charge in [-0.2, -0.15) is 0 Å². The second-order valence-electron chi connectivity index (χ2n) is 7.16. The van der Waals surface area contributed by atoms with Gasteiger partial charge in [-0.05, 0) is 26.7 Å². The molecule has 0 aromatic carbocycles. The highest BCUT2D eigenvalue weighted by molar-refractivity contribution is 5.21. The molecular formula is C18H28N2O3. The lowest BCUT2D eigenvalue weighted by molar-refractivity contribution is -0.0711. The molecule has 5 nitrogen and oxygen atoms in total. The fraction of sp³-hybridized carbons (Fsp3) is 0.722. The highest BCUT2D eigenvalue weighted by atomic mass is 16.5. The van der Waals surface area contributed by atoms with Gasteiger partial charge >= 0.3 is 0 Å². The van der Waals surface area contributed by atoms with Gasteiger partial charge in [-0.25, -0.2) is 0 Å². The van der Waals surface area contributed by atoms with E-state index in [0.29, 0.717) is 6.04 Å². The molecule has 23 heavy (non-hydrogen) atoms. The number of ether oxygens (including phenoxy) is 1. The van der Waals surface area contributed by atoms with Crippen molar-refractivity contribution >= 4 is 0 Å². The maximum absolute atomic E-state index is 11.9. The Morgan fingerprint density at radius 3 is 2.48 bits per heavy atom. The minimum atomic E-state index is -0.276. The molecule has 0 spiro atoms. The average molecular weight is 320 g/mol. The molecule has 1 saturated heterocycles. The predicted octanol–water partition coefficient (Wildman–Crippen LogP) is 2.67. The van der Waals surface area contributed by atoms with Crippen LogP contribution in [0, 0.1) is 0 Å². The molecule has 2 aliphatic rings. The summed E-state index contributed by atoms with van der Waals surface area (Å²) in [6.45, 7) is 6.68. The van der Waals surface area contributed by atoms with E-state index in [0.717, 1.165) is 38.2 Å². The number of rotatable bonds is 3. The summed E-state index contributed by atoms with van der Waals surface area (Å²) in [7, 11) is 0. The first-order chi connectivity index (χ1) is 11.0. The second-order valence-corrected chi connectivity index (χ2v) is 7.16. The molecule has 1 aromatic heterocycles. The van der Waals surface area contributed by atoms with Crippen LogP contribution in [0.3, 0.4) is 0 Å². The monoisotopic (exact) mass is 320 g/mol. The summed E-state index contributed by atoms with van der Waals surface area (Å²) in [6.07, 6.45) is 8.08. The molecule has 0 bridgehead atoms. The van der Waals surface area contributed by atoms with E-state index in [4.69, 9.17) is 4.74 Å². The van der Waals surface area contributed by atoms with Crippen molar-refractivity contribution in [1.82, 2.24) is 9.47 Å². The Bertz CT molecular complexity index is 582. The molecule has 0 amide bonds. The first kappa shape index (κ1) is 16.5. The lowest BCUT2D eigenvalue weighted by atomic mass is 9.95. The number of aromatic nitrogens is 1. The maximum Gasteiger partial charge on any atom is 0.223 e. The lowest BCUT2D eigenvalue weighted by Crippen LogP contribution is -2.45. The van der Waals surface area contributed by atoms with Gasteiger partial charge in [-0.3, -0.25) is 9.69 Å². The van der Waals surface area contributed by atoms with Crippen molar-refractivity contribution in [2.45, 2.75) is 70.7 Å². The minimum absolute atomic E-state index is 0.136. The first-order valence-electron chi connectivity index (χ1n) is 8.85. The van der Waals surface area contributed by atoms with E-state index in [2.05, 4.69) is 23.3 Å². The highest BCUT2D eigenvalue weighted by Gasteiger charge is 2.24. The van der Waals surface area contributed by atoms with Crippen LogP contribution in [0.1, 0.15) is 57.7 Å². The van der Waals surface area contributed by atoms with E-state index < -0.39 is 0 Å². The number of morpholine rings is 1. The fourth-order valence-corrected chi connectivity index (χ4v) is 4.05. The van der Waals surface area contributed by atoms with Gasteiger partial charge in [-0.1, -0.05) is 19.3 Å². The predicted molar refractivity (Wildman–Crippen MR) is 89.8 cm³/mol. The summed E-state index contributed by atoms with van der Waals surface area (Å²) in [5.41, 5.74) is 0.738. The largest absolute Gasteiger partial charge is 0.503 e. The van der Waals surface area contributed by atoms with Gasteiger partial charge in [0.05, 0.1) is 18.4 Å². The smallest absolute Gasteiger partial charge is 0.223 e. The van der Waals surface area contributed by atoms with Crippen LogP contribution in [0.2, 0.25) is 0 Å². The number of hydrogen-bond acceptors (Lipinski definition) is 4. The van der Waals surface area contributed by atoms with E-state index in [1.165, 1.54) is 19.3 Å². The summed E-state index contributed by atoms with van der Waals surface area (Å²) in [5, 5.41) is 9.88. The van der Waals surface area contributed by atoms with Crippen LogP contribution >= 0.6 is 0 Å². The van der Waals surface area contributed by atoms with Gasteiger partial charge in [0.25, 0.3) is 0 Å². The maximum atomic E-state index is 11.9. The quantitative estimate of drug-likeness (QED) is 0.930. The molecule has 2 fully saturated rings. The Morgan fingerprint density at radius 1 is 1.17 bits per heavy atom. The van der Waals surface area contributed by atoms with Crippen molar-refractivity contribution in [3.8, 4) is 5.75 Å². The van der Waals surface area contributed by atoms with E-state index in [-0.39, 0.29) is 23.4 Å². The van der Waals surface area contributed by atoms with Crippen LogP contribution < -0.4 is 5.43 Å². The lowest BCUT2D eigenvalue weighted by Gasteiger charge is -2.36. The highest BCUT2D eigenvalue weighted by Crippen LogP contribution is 2.30. The van der Waals surface area contributed by atoms with Crippen molar-refractivity contribution < 1.29 is 9.84 Å². The third kappa shape index (κ3) is 3.96. The fourth-order valence-electron chi connectivity index (χ4n) is 4.05. The number of hydrogen-bond donors (Lipinski definition) is 1. The summed E-state index contributed by atoms with van der Waals surface area (Å²) >= 11 is 0. The van der Waals surface area contributed by atoms with E-state index in [1.54, 1.807) is 12.3 Å². The standard InChI is InChI=1S/C18H28N2O3/c1-13-9-19(10-14(2)23-13)11-16-8-17(21)18(22)12-20(16)15-6-4-3-5-7-15/h8,12-15,22H,3-7,9-11H2,1-2H3. The van der Waals surface area contributed by atoms with Crippen molar-refractivity contribution in [2.24, 2.45) is 0 Å². The van der Waals surface area contributed by atoms with E-state index >= 15 is 0 Å². The SMILES string of the molecule is CC1CN(Cc2cc(=O)c(O)cn2C2CCCCC2)CC(C)O1. The molecule has 5 heteroatoms. The molecule has 1 aliphatic carbocycles. The number of aromatic hydroxyl groups is 1. The third-order valence-corrected chi connectivity index (χ3v) is 4.99. The van der Waals surface area contributed by atoms with E-state index in [1.807, 2.05) is 0 Å². The van der Waals surface area contributed by atoms with Crippen molar-refractivity contribution in [1.29, 1.82) is 0 Å². The van der Waals surface area contributed by atoms with Gasteiger partial charge in [0.15, 0.2) is 5.75 Å². The normalized spacial score (nSPS) is 27.2. The van der Waals surface area contributed by atoms with Crippen molar-refractivity contribution in [3.63, 3.8) is 0 Å². The van der Waals surface area contributed by atoms with Crippen LogP contribution in [-0.2, 0) is 11.3 Å². The molecule has 1 aliphatic heterocycles. The van der Waals surface area contributed by atoms with Gasteiger partial charge in [0, 0.05) is 37.4 Å². The van der Waals surface area contributed by atoms with Crippen LogP contribution in [0.5, 0.6) is 5.75 Å². The third-order valence-electron chi connectivity index (χ3n) is 4.99. The van der Waals surface area contributed by atoms with Crippen molar-refractivity contribution in [2.75, 3.05) is 13.1 Å². The molecule has 2 atom stereocenters. The van der Waals surface area contributed by atoms with E-state index in [9.17, 15) is 9.90 Å². The summed E-state index contributed by atoms with van der Waals surface area (Å²) < 4.78 is 7.95. The Morgan fingerprint density at radius 2 is 1.83 bits per heavy atom. The topological polar surface area (TPSA) is 54.7 Å². The molecule has 1 N–H and O–H groups in total. The minimum Gasteiger partial charge on any atom is -0.503 e. The van der Waals surface area contributed by atoms with Crippen LogP contribution in [0.25, 0.3) is 0 Å². The van der Waals surface area contributed by atoms with Gasteiger partial charge < -0.3 is 14.4 Å². The zero-order valence-electron chi connectivity index (χ0n) is 14.2. The van der Waals surface area contributed by atoms with Crippen LogP contribution in [0.15, 0.2) is 17.1 Å². The molecule has 1 saturated carbocycles. The molecule has 128 valence electrons. The zero-order chi connectivity index (χ0) is 16.4. The van der Waals surface area contributed by atoms with Gasteiger partial charge in [-0.15, -0.1) is 0 Å². The summed E-state index contributed by atoms with van der Waals surface area (Å²) in [4.78, 5) is 14.3. The average Bonchev–Trinajstić information content (AvgIpc) is 2.50. The zero-order valence-corrected chi connectivity index (χ0v) is 14.2. The van der Waals surface area contributed by atoms with Crippen molar-refractivity contribution in [3.05, 3.63) is 28.2 Å². The Kier molecular flexibility index (Phi) is 5.07. The Hall–Kier alpha value is -1.33. The first-order valence-corrected chi connectivity index (χ1v) is 8.85. The number of pyridine rings is 1. The second kappa shape index (κ2) is 7.05. The number of nitrogens with zero attached hydrogens (tertiary/aromatic N) is 2. The molecular weight excluding hydrogens is 292 g/mol. The molecule has 0 radical (unpaired) electrons. The Labute approximate surface area is 137 Å².